The van der Waals surface area contributed by atoms with Gasteiger partial charge in [-0.3, -0.25) is 0 Å². The van der Waals surface area contributed by atoms with Gasteiger partial charge in [0.05, 0.1) is 6.61 Å². The Morgan fingerprint density at radius 1 is 1.59 bits per heavy atom. The summed E-state index contributed by atoms with van der Waals surface area (Å²) in [6.07, 6.45) is 1.48. The first kappa shape index (κ1) is 13.4. The molecule has 0 aliphatic heterocycles. The van der Waals surface area contributed by atoms with Crippen molar-refractivity contribution in [2.75, 3.05) is 6.61 Å². The van der Waals surface area contributed by atoms with Crippen LogP contribution >= 0.6 is 0 Å². The van der Waals surface area contributed by atoms with E-state index in [9.17, 15) is 9.18 Å². The average Bonchev–Trinajstić information content (AvgIpc) is 2.23. The van der Waals surface area contributed by atoms with Crippen molar-refractivity contribution >= 4 is 5.97 Å². The third kappa shape index (κ3) is 4.40. The summed E-state index contributed by atoms with van der Waals surface area (Å²) in [4.78, 5) is 10.9. The topological polar surface area (TPSA) is 72.5 Å². The number of hydrogen-bond donors (Lipinski definition) is 2. The molecule has 0 aromatic heterocycles. The largest absolute Gasteiger partial charge is 0.493 e. The molecule has 0 amide bonds. The van der Waals surface area contributed by atoms with Crippen LogP contribution in [0, 0.1) is 5.82 Å². The predicted octanol–water partition coefficient (Wildman–Crippen LogP) is 2.03. The molecule has 17 heavy (non-hydrogen) atoms. The van der Waals surface area contributed by atoms with Crippen LogP contribution in [0.3, 0.4) is 0 Å². The second kappa shape index (κ2) is 6.20. The summed E-state index contributed by atoms with van der Waals surface area (Å²) in [7, 11) is 0. The highest BCUT2D eigenvalue weighted by Gasteiger charge is 2.12. The van der Waals surface area contributed by atoms with Crippen molar-refractivity contribution in [1.29, 1.82) is 0 Å². The number of aromatic carboxylic acids is 1. The molecule has 94 valence electrons. The molecule has 1 rings (SSSR count). The highest BCUT2D eigenvalue weighted by Crippen LogP contribution is 2.20. The number of ether oxygens (including phenoxy) is 1. The van der Waals surface area contributed by atoms with Crippen molar-refractivity contribution < 1.29 is 19.0 Å². The van der Waals surface area contributed by atoms with Crippen LogP contribution in [0.1, 0.15) is 30.1 Å². The molecule has 1 aromatic carbocycles. The van der Waals surface area contributed by atoms with Crippen molar-refractivity contribution in [1.82, 2.24) is 0 Å². The van der Waals surface area contributed by atoms with Gasteiger partial charge in [-0.2, -0.15) is 0 Å². The number of halogens is 1. The van der Waals surface area contributed by atoms with E-state index in [0.29, 0.717) is 13.0 Å². The molecule has 0 spiro atoms. The first-order valence-corrected chi connectivity index (χ1v) is 5.42. The molecule has 0 heterocycles. The van der Waals surface area contributed by atoms with Crippen LogP contribution in [0.25, 0.3) is 0 Å². The van der Waals surface area contributed by atoms with Gasteiger partial charge in [-0.05, 0) is 31.9 Å². The third-order valence-electron chi connectivity index (χ3n) is 2.24. The zero-order chi connectivity index (χ0) is 12.8. The Kier molecular flexibility index (Phi) is 4.90. The molecule has 3 N–H and O–H groups in total. The van der Waals surface area contributed by atoms with Gasteiger partial charge in [0.25, 0.3) is 0 Å². The molecule has 0 aliphatic carbocycles. The van der Waals surface area contributed by atoms with E-state index in [4.69, 9.17) is 15.6 Å². The normalized spacial score (nSPS) is 12.2. The maximum Gasteiger partial charge on any atom is 0.339 e. The molecule has 1 unspecified atom stereocenters. The van der Waals surface area contributed by atoms with E-state index in [1.807, 2.05) is 6.92 Å². The van der Waals surface area contributed by atoms with Gasteiger partial charge in [0.1, 0.15) is 17.1 Å². The zero-order valence-electron chi connectivity index (χ0n) is 9.65. The van der Waals surface area contributed by atoms with Crippen LogP contribution in [-0.4, -0.2) is 23.7 Å². The summed E-state index contributed by atoms with van der Waals surface area (Å²) >= 11 is 0. The van der Waals surface area contributed by atoms with E-state index in [1.165, 1.54) is 6.07 Å². The lowest BCUT2D eigenvalue weighted by Gasteiger charge is -2.10. The Morgan fingerprint density at radius 3 is 2.88 bits per heavy atom. The summed E-state index contributed by atoms with van der Waals surface area (Å²) in [5, 5.41) is 8.88. The van der Waals surface area contributed by atoms with Crippen molar-refractivity contribution in [3.05, 3.63) is 29.6 Å². The molecule has 0 radical (unpaired) electrons. The van der Waals surface area contributed by atoms with Gasteiger partial charge in [0.15, 0.2) is 0 Å². The quantitative estimate of drug-likeness (QED) is 0.747. The van der Waals surface area contributed by atoms with E-state index in [1.54, 1.807) is 0 Å². The number of carbonyl (C=O) groups is 1. The Bertz CT molecular complexity index is 393. The first-order chi connectivity index (χ1) is 8.00. The highest BCUT2D eigenvalue weighted by molar-refractivity contribution is 5.90. The number of benzene rings is 1. The van der Waals surface area contributed by atoms with E-state index in [0.717, 1.165) is 18.6 Å². The van der Waals surface area contributed by atoms with Crippen molar-refractivity contribution in [3.8, 4) is 5.75 Å². The molecule has 5 heteroatoms. The zero-order valence-corrected chi connectivity index (χ0v) is 9.65. The van der Waals surface area contributed by atoms with Crippen LogP contribution in [0.5, 0.6) is 5.75 Å². The van der Waals surface area contributed by atoms with Gasteiger partial charge in [0.2, 0.25) is 0 Å². The molecule has 1 atom stereocenters. The first-order valence-electron chi connectivity index (χ1n) is 5.42. The van der Waals surface area contributed by atoms with Gasteiger partial charge in [-0.25, -0.2) is 9.18 Å². The summed E-state index contributed by atoms with van der Waals surface area (Å²) in [6, 6.07) is 3.44. The van der Waals surface area contributed by atoms with Crippen LogP contribution in [0.15, 0.2) is 18.2 Å². The molecule has 0 saturated carbocycles. The average molecular weight is 241 g/mol. The number of rotatable bonds is 6. The second-order valence-corrected chi connectivity index (χ2v) is 3.91. The van der Waals surface area contributed by atoms with Crippen LogP contribution < -0.4 is 10.5 Å². The van der Waals surface area contributed by atoms with E-state index in [2.05, 4.69) is 0 Å². The summed E-state index contributed by atoms with van der Waals surface area (Å²) < 4.78 is 18.2. The standard InChI is InChI=1S/C12H16FNO3/c1-8(14)3-2-6-17-11-7-9(13)4-5-10(11)12(15)16/h4-5,7-8H,2-3,6,14H2,1H3,(H,15,16). The molecule has 0 saturated heterocycles. The van der Waals surface area contributed by atoms with Crippen LogP contribution in [0.2, 0.25) is 0 Å². The van der Waals surface area contributed by atoms with Gasteiger partial charge in [-0.1, -0.05) is 0 Å². The highest BCUT2D eigenvalue weighted by atomic mass is 19.1. The number of nitrogens with two attached hydrogens (primary N) is 1. The van der Waals surface area contributed by atoms with Gasteiger partial charge >= 0.3 is 5.97 Å². The van der Waals surface area contributed by atoms with E-state index < -0.39 is 11.8 Å². The summed E-state index contributed by atoms with van der Waals surface area (Å²) in [5.41, 5.74) is 5.53. The fourth-order valence-corrected chi connectivity index (χ4v) is 1.38. The van der Waals surface area contributed by atoms with Gasteiger partial charge < -0.3 is 15.6 Å². The van der Waals surface area contributed by atoms with E-state index in [-0.39, 0.29) is 17.4 Å². The maximum absolute atomic E-state index is 13.0. The Hall–Kier alpha value is -1.62. The Morgan fingerprint density at radius 2 is 2.29 bits per heavy atom. The lowest BCUT2D eigenvalue weighted by molar-refractivity contribution is 0.0692. The molecule has 1 aromatic rings. The molecular formula is C12H16FNO3. The van der Waals surface area contributed by atoms with Crippen LogP contribution in [-0.2, 0) is 0 Å². The second-order valence-electron chi connectivity index (χ2n) is 3.91. The number of carboxylic acid groups (broad SMARTS) is 1. The monoisotopic (exact) mass is 241 g/mol. The van der Waals surface area contributed by atoms with Crippen LogP contribution in [0.4, 0.5) is 4.39 Å². The minimum absolute atomic E-state index is 0.0350. The lowest BCUT2D eigenvalue weighted by Crippen LogP contribution is -2.16. The third-order valence-corrected chi connectivity index (χ3v) is 2.24. The Balaban J connectivity index is 2.62. The molecule has 0 fully saturated rings. The maximum atomic E-state index is 13.0. The molecule has 4 nitrogen and oxygen atoms in total. The smallest absolute Gasteiger partial charge is 0.339 e. The van der Waals surface area contributed by atoms with Gasteiger partial charge in [-0.15, -0.1) is 0 Å². The fourth-order valence-electron chi connectivity index (χ4n) is 1.38. The van der Waals surface area contributed by atoms with Crippen molar-refractivity contribution in [2.24, 2.45) is 5.73 Å². The Labute approximate surface area is 99.2 Å². The van der Waals surface area contributed by atoms with Gasteiger partial charge in [0, 0.05) is 12.1 Å². The predicted molar refractivity (Wildman–Crippen MR) is 61.7 cm³/mol. The summed E-state index contributed by atoms with van der Waals surface area (Å²) in [5.74, 6) is -1.59. The molecular weight excluding hydrogens is 225 g/mol. The van der Waals surface area contributed by atoms with Crippen molar-refractivity contribution in [3.63, 3.8) is 0 Å². The lowest BCUT2D eigenvalue weighted by atomic mass is 10.2. The fraction of sp³-hybridized carbons (Fsp3) is 0.417. The molecule has 0 aliphatic rings. The minimum atomic E-state index is -1.13. The van der Waals surface area contributed by atoms with E-state index >= 15 is 0 Å². The SMILES string of the molecule is CC(N)CCCOc1cc(F)ccc1C(=O)O. The summed E-state index contributed by atoms with van der Waals surface area (Å²) in [6.45, 7) is 2.20. The minimum Gasteiger partial charge on any atom is -0.493 e. The molecule has 0 bridgehead atoms. The number of hydrogen-bond acceptors (Lipinski definition) is 3. The number of carboxylic acids is 1. The van der Waals surface area contributed by atoms with Crippen molar-refractivity contribution in [2.45, 2.75) is 25.8 Å².